The number of methoxy groups -OCH3 is 1. The Morgan fingerprint density at radius 3 is 2.71 bits per heavy atom. The molecule has 0 amide bonds. The zero-order chi connectivity index (χ0) is 26.4. The van der Waals surface area contributed by atoms with Gasteiger partial charge < -0.3 is 0 Å². The molecule has 200 valence electrons. The molecule has 8 heteroatoms. The van der Waals surface area contributed by atoms with Crippen molar-refractivity contribution in [1.29, 1.82) is 0 Å². The van der Waals surface area contributed by atoms with Crippen LogP contribution in [0.4, 0.5) is 0 Å². The Balaban J connectivity index is 1.10. The van der Waals surface area contributed by atoms with E-state index in [1.807, 2.05) is 18.3 Å². The van der Waals surface area contributed by atoms with E-state index in [4.69, 9.17) is 23.7 Å². The van der Waals surface area contributed by atoms with Crippen molar-refractivity contribution in [3.63, 3.8) is 0 Å². The van der Waals surface area contributed by atoms with Crippen LogP contribution in [0.2, 0.25) is 0 Å². The summed E-state index contributed by atoms with van der Waals surface area (Å²) in [6.07, 6.45) is 17.2. The van der Waals surface area contributed by atoms with Gasteiger partial charge in [-0.25, -0.2) is 0 Å². The fourth-order valence-electron chi connectivity index (χ4n) is 5.40. The molecule has 3 aliphatic rings. The van der Waals surface area contributed by atoms with Gasteiger partial charge in [0.25, 0.3) is 0 Å². The Kier molecular flexibility index (Phi) is 9.17. The number of ether oxygens (including phenoxy) is 3. The monoisotopic (exact) mass is 624 g/mol. The number of rotatable bonds is 13. The molecule has 0 saturated carbocycles. The van der Waals surface area contributed by atoms with E-state index in [0.29, 0.717) is 13.2 Å². The number of carbonyl (C=O) groups excluding carboxylic acids is 1. The zero-order valence-corrected chi connectivity index (χ0v) is 25.2. The minimum absolute atomic E-state index is 0.0128. The summed E-state index contributed by atoms with van der Waals surface area (Å²) in [5.74, 6) is 0.264. The van der Waals surface area contributed by atoms with Gasteiger partial charge in [-0.1, -0.05) is 0 Å². The molecular weight excluding hydrogens is 587 g/mol. The van der Waals surface area contributed by atoms with E-state index in [1.165, 1.54) is 7.32 Å². The van der Waals surface area contributed by atoms with E-state index in [9.17, 15) is 4.79 Å². The number of aliphatic imine (C=N–C) groups is 1. The van der Waals surface area contributed by atoms with Gasteiger partial charge in [-0.05, 0) is 0 Å². The Bertz CT molecular complexity index is 1210. The predicted molar refractivity (Wildman–Crippen MR) is 148 cm³/mol. The summed E-state index contributed by atoms with van der Waals surface area (Å²) in [4.78, 5) is 17.9. The fraction of sp³-hybridized carbons (Fsp3) is 0.500. The molecule has 2 aromatic rings. The maximum atomic E-state index is 13.1. The molecule has 1 aromatic heterocycles. The first-order valence-electron chi connectivity index (χ1n) is 13.8. The van der Waals surface area contributed by atoms with Gasteiger partial charge in [0.15, 0.2) is 0 Å². The molecule has 2 aliphatic heterocycles. The molecule has 0 bridgehead atoms. The van der Waals surface area contributed by atoms with Crippen LogP contribution in [0.15, 0.2) is 46.3 Å². The summed E-state index contributed by atoms with van der Waals surface area (Å²) < 4.78 is 25.3. The van der Waals surface area contributed by atoms with Gasteiger partial charge in [0.2, 0.25) is 0 Å². The normalized spacial score (nSPS) is 19.9. The molecule has 1 saturated heterocycles. The maximum absolute atomic E-state index is 13.1. The Morgan fingerprint density at radius 1 is 1.11 bits per heavy atom. The van der Waals surface area contributed by atoms with E-state index >= 15 is 0 Å². The van der Waals surface area contributed by atoms with Crippen molar-refractivity contribution < 1.29 is 23.5 Å². The van der Waals surface area contributed by atoms with E-state index in [2.05, 4.69) is 30.3 Å². The molecule has 3 heterocycles. The topological polar surface area (TPSA) is 83.2 Å². The molecule has 1 aromatic carbocycles. The van der Waals surface area contributed by atoms with Crippen LogP contribution < -0.4 is 4.74 Å². The third-order valence-corrected chi connectivity index (χ3v) is 11.3. The van der Waals surface area contributed by atoms with Crippen molar-refractivity contribution in [2.24, 2.45) is 10.9 Å². The van der Waals surface area contributed by atoms with Gasteiger partial charge in [-0.2, -0.15) is 0 Å². The average Bonchev–Trinajstić information content (AvgIpc) is 3.72. The van der Waals surface area contributed by atoms with Crippen LogP contribution in [0.25, 0.3) is 9.67 Å². The number of aromatic nitrogens is 1. The zero-order valence-electron chi connectivity index (χ0n) is 22.3. The first kappa shape index (κ1) is 27.3. The molecule has 2 radical (unpaired) electrons. The van der Waals surface area contributed by atoms with Crippen LogP contribution in [0.1, 0.15) is 91.9 Å². The molecular formula is C30H36N2O5Sn. The first-order valence-corrected chi connectivity index (χ1v) is 16.7. The van der Waals surface area contributed by atoms with Gasteiger partial charge >= 0.3 is 236 Å². The summed E-state index contributed by atoms with van der Waals surface area (Å²) in [5, 5.41) is 4.05. The number of fused-ring (bicyclic) bond motifs is 1. The van der Waals surface area contributed by atoms with Crippen LogP contribution in [-0.4, -0.2) is 56.1 Å². The quantitative estimate of drug-likeness (QED) is 0.191. The summed E-state index contributed by atoms with van der Waals surface area (Å²) in [5.41, 5.74) is 3.63. The molecule has 0 spiro atoms. The Labute approximate surface area is 234 Å². The van der Waals surface area contributed by atoms with Crippen molar-refractivity contribution in [1.82, 2.24) is 5.16 Å². The summed E-state index contributed by atoms with van der Waals surface area (Å²) in [7, 11) is 1.69. The van der Waals surface area contributed by atoms with Gasteiger partial charge in [0.05, 0.1) is 0 Å². The van der Waals surface area contributed by atoms with Gasteiger partial charge in [0.1, 0.15) is 0 Å². The van der Waals surface area contributed by atoms with Crippen LogP contribution in [0.5, 0.6) is 5.75 Å². The van der Waals surface area contributed by atoms with E-state index in [0.717, 1.165) is 85.9 Å². The third kappa shape index (κ3) is 6.00. The van der Waals surface area contributed by atoms with Crippen LogP contribution in [0.3, 0.4) is 0 Å². The summed E-state index contributed by atoms with van der Waals surface area (Å²) in [6, 6.07) is 5.93. The number of Topliss-reactive ketones (excluding diaryl/α,β-unsaturated/α-hetero) is 1. The molecule has 1 fully saturated rings. The van der Waals surface area contributed by atoms with E-state index in [-0.39, 0.29) is 11.7 Å². The van der Waals surface area contributed by atoms with E-state index in [1.54, 1.807) is 13.4 Å². The molecule has 7 nitrogen and oxygen atoms in total. The first-order chi connectivity index (χ1) is 18.6. The van der Waals surface area contributed by atoms with Crippen LogP contribution in [-0.2, 0) is 15.3 Å². The summed E-state index contributed by atoms with van der Waals surface area (Å²) >= 11 is -0.972. The van der Waals surface area contributed by atoms with Crippen LogP contribution in [0, 0.1) is 5.92 Å². The molecule has 0 N–H and O–H groups in total. The summed E-state index contributed by atoms with van der Waals surface area (Å²) in [6.45, 7) is 3.35. The van der Waals surface area contributed by atoms with Crippen molar-refractivity contribution >= 4 is 40.3 Å². The Hall–Kier alpha value is -2.23. The standard InChI is InChI=1S/C30H36N2O5.Sn/c1-3-4-10-23-11-12-24-21-25(27(34-2)22-26(24)29(23)33)13-17-31-16-9-7-5-6-8-15-30(35-19-20-36-30)28-14-18-37-32-28;/h11-12,14,17-18,21-23H,3-10,15,19-20H2,1-2H3;. The minimum atomic E-state index is -0.972. The van der Waals surface area contributed by atoms with Gasteiger partial charge in [0, 0.05) is 0 Å². The molecule has 1 unspecified atom stereocenters. The van der Waals surface area contributed by atoms with Crippen LogP contribution >= 0.6 is 0 Å². The predicted octanol–water partition coefficient (Wildman–Crippen LogP) is 6.35. The fourth-order valence-corrected chi connectivity index (χ4v) is 8.83. The molecule has 1 atom stereocenters. The van der Waals surface area contributed by atoms with Crippen molar-refractivity contribution in [2.75, 3.05) is 20.3 Å². The number of ketones is 1. The third-order valence-electron chi connectivity index (χ3n) is 7.52. The second-order valence-corrected chi connectivity index (χ2v) is 14.0. The number of unbranched alkanes of at least 4 members (excludes halogenated alkanes) is 4. The van der Waals surface area contributed by atoms with Gasteiger partial charge in [-0.15, -0.1) is 0 Å². The van der Waals surface area contributed by atoms with Gasteiger partial charge in [-0.3, -0.25) is 0 Å². The molecule has 38 heavy (non-hydrogen) atoms. The van der Waals surface area contributed by atoms with Crippen molar-refractivity contribution in [3.05, 3.63) is 59.1 Å². The van der Waals surface area contributed by atoms with Crippen molar-refractivity contribution in [2.45, 2.75) is 70.5 Å². The number of nitrogens with zero attached hydrogens (tertiary/aromatic N) is 2. The number of carbonyl (C=O) groups is 1. The SMILES string of the molecule is CCCCC1C=Cc2cc([C]3=CN=[C](CCCCCCC4(c5ccon5)OCCO4)[Sn]3)c(OC)cc2C1=O. The number of allylic oxidation sites excluding steroid dienone is 1. The Morgan fingerprint density at radius 2 is 1.95 bits per heavy atom. The second kappa shape index (κ2) is 12.7. The second-order valence-electron chi connectivity index (χ2n) is 10.1. The van der Waals surface area contributed by atoms with Crippen molar-refractivity contribution in [3.8, 4) is 5.75 Å². The number of hydrogen-bond donors (Lipinski definition) is 0. The molecule has 1 aliphatic carbocycles. The van der Waals surface area contributed by atoms with E-state index < -0.39 is 26.9 Å². The number of hydrogen-bond acceptors (Lipinski definition) is 7. The number of benzene rings is 1. The average molecular weight is 623 g/mol. The molecule has 5 rings (SSSR count).